The second kappa shape index (κ2) is 4.43. The van der Waals surface area contributed by atoms with Crippen LogP contribution in [-0.2, 0) is 0 Å². The lowest BCUT2D eigenvalue weighted by Gasteiger charge is -2.16. The Labute approximate surface area is 144 Å². The zero-order chi connectivity index (χ0) is 14.8. The number of benzene rings is 5. The van der Waals surface area contributed by atoms with Gasteiger partial charge in [0.05, 0.1) is 0 Å². The first kappa shape index (κ1) is 12.9. The van der Waals surface area contributed by atoms with E-state index in [0.29, 0.717) is 0 Å². The minimum Gasteiger partial charge on any atom is -0.0610 e. The lowest BCUT2D eigenvalue weighted by atomic mass is 9.90. The predicted molar refractivity (Wildman–Crippen MR) is 103 cm³/mol. The van der Waals surface area contributed by atoms with Crippen LogP contribution in [0.25, 0.3) is 43.1 Å². The van der Waals surface area contributed by atoms with Crippen molar-refractivity contribution < 1.29 is 0 Å². The van der Waals surface area contributed by atoms with E-state index in [9.17, 15) is 0 Å². The maximum absolute atomic E-state index is 3.77. The van der Waals surface area contributed by atoms with Gasteiger partial charge in [-0.25, -0.2) is 0 Å². The Bertz CT molecular complexity index is 1100. The molecule has 0 spiro atoms. The van der Waals surface area contributed by atoms with Gasteiger partial charge in [0, 0.05) is 19.7 Å². The molecule has 22 heavy (non-hydrogen) atoms. The standard InChI is InChI=1S/C20H10Br2/c21-15-9-7-12-8-10-16(22)20-14-6-2-4-11-3-1-5-13(17(11)14)19(15)18(12)20/h1-10H. The molecular formula is C20H10Br2. The molecule has 0 unspecified atom stereocenters. The SMILES string of the molecule is Brc1ccc2ccc(Br)c3c4cccc5cccc(c1c23)c54. The average molecular weight is 410 g/mol. The Kier molecular flexibility index (Phi) is 2.59. The van der Waals surface area contributed by atoms with Crippen LogP contribution in [0.15, 0.2) is 69.6 Å². The lowest BCUT2D eigenvalue weighted by Crippen LogP contribution is -1.88. The Morgan fingerprint density at radius 2 is 0.955 bits per heavy atom. The van der Waals surface area contributed by atoms with Crippen LogP contribution in [0.4, 0.5) is 0 Å². The average Bonchev–Trinajstić information content (AvgIpc) is 2.54. The third kappa shape index (κ3) is 1.52. The molecule has 0 amide bonds. The molecule has 0 heterocycles. The minimum absolute atomic E-state index is 1.15. The molecule has 0 aliphatic heterocycles. The quantitative estimate of drug-likeness (QED) is 0.186. The molecule has 0 saturated carbocycles. The van der Waals surface area contributed by atoms with Gasteiger partial charge < -0.3 is 0 Å². The van der Waals surface area contributed by atoms with E-state index in [1.165, 1.54) is 43.1 Å². The molecule has 0 nitrogen and oxygen atoms in total. The lowest BCUT2D eigenvalue weighted by molar-refractivity contribution is 1.73. The summed E-state index contributed by atoms with van der Waals surface area (Å²) in [6.07, 6.45) is 0. The molecule has 5 rings (SSSR count). The molecule has 0 fully saturated rings. The fraction of sp³-hybridized carbons (Fsp3) is 0. The number of fused-ring (bicyclic) bond motifs is 2. The molecule has 0 aliphatic rings. The third-order valence-corrected chi connectivity index (χ3v) is 5.85. The van der Waals surface area contributed by atoms with Gasteiger partial charge in [-0.15, -0.1) is 0 Å². The number of hydrogen-bond acceptors (Lipinski definition) is 0. The first-order valence-electron chi connectivity index (χ1n) is 7.19. The van der Waals surface area contributed by atoms with E-state index < -0.39 is 0 Å². The fourth-order valence-corrected chi connectivity index (χ4v) is 4.74. The van der Waals surface area contributed by atoms with Gasteiger partial charge in [-0.1, -0.05) is 80.4 Å². The molecule has 0 N–H and O–H groups in total. The van der Waals surface area contributed by atoms with Crippen molar-refractivity contribution in [2.24, 2.45) is 0 Å². The van der Waals surface area contributed by atoms with E-state index in [1.807, 2.05) is 0 Å². The van der Waals surface area contributed by atoms with Crippen molar-refractivity contribution in [2.45, 2.75) is 0 Å². The summed E-state index contributed by atoms with van der Waals surface area (Å²) < 4.78 is 2.31. The van der Waals surface area contributed by atoms with E-state index in [0.717, 1.165) is 8.95 Å². The molecule has 5 aromatic rings. The largest absolute Gasteiger partial charge is 0.0610 e. The van der Waals surface area contributed by atoms with Gasteiger partial charge in [0.2, 0.25) is 0 Å². The van der Waals surface area contributed by atoms with Crippen molar-refractivity contribution in [3.63, 3.8) is 0 Å². The van der Waals surface area contributed by atoms with Gasteiger partial charge in [0.1, 0.15) is 0 Å². The molecule has 0 aliphatic carbocycles. The van der Waals surface area contributed by atoms with Crippen LogP contribution in [0.2, 0.25) is 0 Å². The van der Waals surface area contributed by atoms with Gasteiger partial charge in [-0.3, -0.25) is 0 Å². The molecule has 2 heteroatoms. The van der Waals surface area contributed by atoms with Crippen LogP contribution >= 0.6 is 31.9 Å². The second-order valence-corrected chi connectivity index (χ2v) is 7.36. The van der Waals surface area contributed by atoms with Crippen molar-refractivity contribution in [1.29, 1.82) is 0 Å². The summed E-state index contributed by atoms with van der Waals surface area (Å²) in [5, 5.41) is 10.5. The van der Waals surface area contributed by atoms with Crippen LogP contribution in [-0.4, -0.2) is 0 Å². The van der Waals surface area contributed by atoms with Crippen LogP contribution in [0.3, 0.4) is 0 Å². The molecule has 0 atom stereocenters. The van der Waals surface area contributed by atoms with Gasteiger partial charge in [-0.05, 0) is 44.5 Å². The highest BCUT2D eigenvalue weighted by Crippen LogP contribution is 2.45. The number of rotatable bonds is 0. The zero-order valence-electron chi connectivity index (χ0n) is 11.5. The predicted octanol–water partition coefficient (Wildman–Crippen LogP) is 7.26. The van der Waals surface area contributed by atoms with Crippen molar-refractivity contribution in [3.8, 4) is 0 Å². The molecule has 0 radical (unpaired) electrons. The monoisotopic (exact) mass is 408 g/mol. The normalized spacial score (nSPS) is 12.1. The highest BCUT2D eigenvalue weighted by atomic mass is 79.9. The Morgan fingerprint density at radius 3 is 1.50 bits per heavy atom. The summed E-state index contributed by atoms with van der Waals surface area (Å²) in [4.78, 5) is 0. The number of halogens is 2. The van der Waals surface area contributed by atoms with E-state index in [2.05, 4.69) is 92.5 Å². The van der Waals surface area contributed by atoms with Gasteiger partial charge >= 0.3 is 0 Å². The zero-order valence-corrected chi connectivity index (χ0v) is 14.7. The van der Waals surface area contributed by atoms with Gasteiger partial charge in [0.25, 0.3) is 0 Å². The smallest absolute Gasteiger partial charge is 0.0260 e. The van der Waals surface area contributed by atoms with E-state index in [4.69, 9.17) is 0 Å². The number of hydrogen-bond donors (Lipinski definition) is 0. The van der Waals surface area contributed by atoms with Crippen molar-refractivity contribution in [2.75, 3.05) is 0 Å². The van der Waals surface area contributed by atoms with Gasteiger partial charge in [-0.2, -0.15) is 0 Å². The topological polar surface area (TPSA) is 0 Å². The molecular weight excluding hydrogens is 400 g/mol. The van der Waals surface area contributed by atoms with Crippen molar-refractivity contribution in [3.05, 3.63) is 69.6 Å². The highest BCUT2D eigenvalue weighted by Gasteiger charge is 2.16. The Hall–Kier alpha value is -1.64. The van der Waals surface area contributed by atoms with Crippen LogP contribution < -0.4 is 0 Å². The molecule has 0 bridgehead atoms. The van der Waals surface area contributed by atoms with E-state index >= 15 is 0 Å². The fourth-order valence-electron chi connectivity index (χ4n) is 3.65. The minimum atomic E-state index is 1.15. The van der Waals surface area contributed by atoms with Crippen molar-refractivity contribution >= 4 is 74.9 Å². The molecule has 0 aromatic heterocycles. The van der Waals surface area contributed by atoms with Gasteiger partial charge in [0.15, 0.2) is 0 Å². The third-order valence-electron chi connectivity index (χ3n) is 4.53. The molecule has 0 saturated heterocycles. The van der Waals surface area contributed by atoms with E-state index in [1.54, 1.807) is 0 Å². The van der Waals surface area contributed by atoms with Crippen molar-refractivity contribution in [1.82, 2.24) is 0 Å². The first-order valence-corrected chi connectivity index (χ1v) is 8.77. The summed E-state index contributed by atoms with van der Waals surface area (Å²) in [7, 11) is 0. The second-order valence-electron chi connectivity index (χ2n) is 5.65. The Balaban J connectivity index is 2.34. The summed E-state index contributed by atoms with van der Waals surface area (Å²) in [5.41, 5.74) is 0. The van der Waals surface area contributed by atoms with Crippen LogP contribution in [0.5, 0.6) is 0 Å². The summed E-state index contributed by atoms with van der Waals surface area (Å²) >= 11 is 7.54. The maximum Gasteiger partial charge on any atom is 0.0260 e. The summed E-state index contributed by atoms with van der Waals surface area (Å²) in [5.74, 6) is 0. The highest BCUT2D eigenvalue weighted by molar-refractivity contribution is 9.11. The Morgan fingerprint density at radius 1 is 0.455 bits per heavy atom. The van der Waals surface area contributed by atoms with E-state index in [-0.39, 0.29) is 0 Å². The van der Waals surface area contributed by atoms with Crippen LogP contribution in [0.1, 0.15) is 0 Å². The first-order chi connectivity index (χ1) is 10.8. The summed E-state index contributed by atoms with van der Waals surface area (Å²) in [6.45, 7) is 0. The molecule has 104 valence electrons. The molecule has 5 aromatic carbocycles. The van der Waals surface area contributed by atoms with Crippen LogP contribution in [0, 0.1) is 0 Å². The maximum atomic E-state index is 3.77. The summed E-state index contributed by atoms with van der Waals surface area (Å²) in [6, 6.07) is 21.8.